The lowest BCUT2D eigenvalue weighted by Gasteiger charge is -2.36. The molecular weight excluding hydrogens is 636 g/mol. The van der Waals surface area contributed by atoms with Gasteiger partial charge in [-0.25, -0.2) is 0 Å². The van der Waals surface area contributed by atoms with E-state index in [1.165, 1.54) is 30.7 Å². The molecule has 0 spiro atoms. The number of benzene rings is 1. The van der Waals surface area contributed by atoms with Crippen LogP contribution in [-0.2, 0) is 41.6 Å². The molecule has 0 radical (unpaired) electrons. The molecule has 2 heterocycles. The summed E-state index contributed by atoms with van der Waals surface area (Å²) in [5.74, 6) is -2.93. The van der Waals surface area contributed by atoms with Crippen molar-refractivity contribution in [1.82, 2.24) is 25.8 Å². The molecule has 3 aliphatic rings. The first-order valence-corrected chi connectivity index (χ1v) is 18.0. The number of nitrogens with one attached hydrogen (secondary N) is 3. The number of nitrogens with zero attached hydrogens (tertiary/aromatic N) is 3. The molecule has 2 fully saturated rings. The predicted octanol–water partition coefficient (Wildman–Crippen LogP) is 3.11. The minimum Gasteiger partial charge on any atom is -0.347 e. The summed E-state index contributed by atoms with van der Waals surface area (Å²) in [6.07, 6.45) is 8.41. The SMILES string of the molecule is CC(NC(=O)C1CCCN1C(=O)C(NC=O)C1Cc2ccccc2C1)C(=O)C(=O)C#N.CCCC.CNC(CN1CCCCC1=O)C(C)(C)C. The number of hydrogen-bond acceptors (Lipinski definition) is 8. The van der Waals surface area contributed by atoms with Crippen LogP contribution in [0.2, 0.25) is 0 Å². The number of rotatable bonds is 12. The Labute approximate surface area is 298 Å². The van der Waals surface area contributed by atoms with Gasteiger partial charge in [-0.1, -0.05) is 71.7 Å². The number of piperidine rings is 1. The van der Waals surface area contributed by atoms with E-state index in [1.54, 1.807) is 0 Å². The molecule has 50 heavy (non-hydrogen) atoms. The Morgan fingerprint density at radius 2 is 1.64 bits per heavy atom. The van der Waals surface area contributed by atoms with Crippen LogP contribution in [0.4, 0.5) is 0 Å². The molecule has 276 valence electrons. The molecule has 0 saturated carbocycles. The van der Waals surface area contributed by atoms with Crippen molar-refractivity contribution in [3.8, 4) is 6.07 Å². The fraction of sp³-hybridized carbons (Fsp3) is 0.658. The number of unbranched alkanes of at least 4 members (excludes halogenated alkanes) is 1. The van der Waals surface area contributed by atoms with E-state index in [0.29, 0.717) is 50.6 Å². The largest absolute Gasteiger partial charge is 0.347 e. The van der Waals surface area contributed by atoms with Crippen molar-refractivity contribution in [2.45, 2.75) is 123 Å². The Bertz CT molecular complexity index is 1340. The highest BCUT2D eigenvalue weighted by atomic mass is 16.2. The standard InChI is InChI=1S/C22H24N4O5.C12H24N2O.C4H10/c1-13(20(29)18(28)11-23)25-21(30)17-7-4-8-26(17)22(31)19(24-12-27)16-9-14-5-2-3-6-15(14)10-16;1-12(2,3)10(13-4)9-14-8-6-5-7-11(14)15;1-3-4-2/h2-3,5-6,12-13,16-17,19H,4,7-10H2,1H3,(H,24,27)(H,25,30);10,13H,5-9H2,1-4H3;3-4H2,1-2H3. The fourth-order valence-electron chi connectivity index (χ4n) is 6.49. The van der Waals surface area contributed by atoms with Gasteiger partial charge in [0.05, 0.1) is 6.04 Å². The summed E-state index contributed by atoms with van der Waals surface area (Å²) in [6.45, 7) is 14.5. The van der Waals surface area contributed by atoms with E-state index in [-0.39, 0.29) is 17.2 Å². The number of Topliss-reactive ketones (excluding diaryl/α,β-unsaturated/α-hetero) is 2. The molecule has 4 amide bonds. The van der Waals surface area contributed by atoms with Gasteiger partial charge in [-0.05, 0) is 75.0 Å². The van der Waals surface area contributed by atoms with Crippen LogP contribution in [0.25, 0.3) is 0 Å². The van der Waals surface area contributed by atoms with Crippen molar-refractivity contribution in [3.05, 3.63) is 35.4 Å². The molecule has 2 saturated heterocycles. The van der Waals surface area contributed by atoms with Crippen LogP contribution < -0.4 is 16.0 Å². The molecule has 2 aliphatic heterocycles. The van der Waals surface area contributed by atoms with Crippen molar-refractivity contribution in [1.29, 1.82) is 5.26 Å². The van der Waals surface area contributed by atoms with Gasteiger partial charge in [-0.15, -0.1) is 0 Å². The zero-order valence-electron chi connectivity index (χ0n) is 31.0. The van der Waals surface area contributed by atoms with Gasteiger partial charge in [-0.2, -0.15) is 5.26 Å². The maximum Gasteiger partial charge on any atom is 0.299 e. The molecule has 12 heteroatoms. The lowest BCUT2D eigenvalue weighted by atomic mass is 9.86. The highest BCUT2D eigenvalue weighted by molar-refractivity contribution is 6.45. The predicted molar refractivity (Wildman–Crippen MR) is 192 cm³/mol. The number of likely N-dealkylation sites (N-methyl/N-ethyl adjacent to an activating group) is 1. The molecule has 1 aromatic rings. The van der Waals surface area contributed by atoms with E-state index in [0.717, 1.165) is 43.5 Å². The third kappa shape index (κ3) is 12.0. The number of fused-ring (bicyclic) bond motifs is 1. The number of nitriles is 1. The number of hydrogen-bond donors (Lipinski definition) is 3. The van der Waals surface area contributed by atoms with Gasteiger partial charge in [0.1, 0.15) is 18.2 Å². The monoisotopic (exact) mass is 694 g/mol. The van der Waals surface area contributed by atoms with Crippen LogP contribution in [0.3, 0.4) is 0 Å². The summed E-state index contributed by atoms with van der Waals surface area (Å²) in [4.78, 5) is 75.5. The summed E-state index contributed by atoms with van der Waals surface area (Å²) >= 11 is 0. The molecule has 1 aromatic carbocycles. The Hall–Kier alpha value is -4.11. The van der Waals surface area contributed by atoms with Crippen LogP contribution in [0.15, 0.2) is 24.3 Å². The van der Waals surface area contributed by atoms with E-state index in [9.17, 15) is 28.8 Å². The Balaban J connectivity index is 0.000000379. The van der Waals surface area contributed by atoms with E-state index in [4.69, 9.17) is 5.26 Å². The quantitative estimate of drug-likeness (QED) is 0.170. The van der Waals surface area contributed by atoms with Gasteiger partial charge in [0, 0.05) is 32.1 Å². The lowest BCUT2D eigenvalue weighted by molar-refractivity contribution is -0.142. The maximum atomic E-state index is 13.3. The van der Waals surface area contributed by atoms with Crippen molar-refractivity contribution < 1.29 is 28.8 Å². The fourth-order valence-corrected chi connectivity index (χ4v) is 6.49. The van der Waals surface area contributed by atoms with Crippen molar-refractivity contribution >= 4 is 35.7 Å². The van der Waals surface area contributed by atoms with Crippen LogP contribution in [0.1, 0.15) is 97.6 Å². The van der Waals surface area contributed by atoms with E-state index >= 15 is 0 Å². The molecule has 12 nitrogen and oxygen atoms in total. The van der Waals surface area contributed by atoms with Gasteiger partial charge in [0.25, 0.3) is 5.78 Å². The second-order valence-corrected chi connectivity index (χ2v) is 14.4. The molecule has 4 atom stereocenters. The normalized spacial score (nSPS) is 18.9. The van der Waals surface area contributed by atoms with Crippen molar-refractivity contribution in [3.63, 3.8) is 0 Å². The van der Waals surface area contributed by atoms with Gasteiger partial charge in [0.15, 0.2) is 0 Å². The second-order valence-electron chi connectivity index (χ2n) is 14.4. The highest BCUT2D eigenvalue weighted by Gasteiger charge is 2.42. The van der Waals surface area contributed by atoms with Gasteiger partial charge in [-0.3, -0.25) is 28.8 Å². The minimum atomic E-state index is -1.23. The summed E-state index contributed by atoms with van der Waals surface area (Å²) in [7, 11) is 1.98. The zero-order chi connectivity index (χ0) is 37.4. The van der Waals surface area contributed by atoms with E-state index in [2.05, 4.69) is 50.6 Å². The third-order valence-electron chi connectivity index (χ3n) is 9.70. The molecule has 4 unspecified atom stereocenters. The van der Waals surface area contributed by atoms with Crippen LogP contribution >= 0.6 is 0 Å². The molecule has 1 aliphatic carbocycles. The average Bonchev–Trinajstić information content (AvgIpc) is 3.77. The first kappa shape index (κ1) is 42.1. The summed E-state index contributed by atoms with van der Waals surface area (Å²) < 4.78 is 0. The number of likely N-dealkylation sites (tertiary alicyclic amines) is 2. The Morgan fingerprint density at radius 1 is 1.02 bits per heavy atom. The third-order valence-corrected chi connectivity index (χ3v) is 9.70. The zero-order valence-corrected chi connectivity index (χ0v) is 31.0. The summed E-state index contributed by atoms with van der Waals surface area (Å²) in [6, 6.07) is 6.76. The van der Waals surface area contributed by atoms with Crippen molar-refractivity contribution in [2.75, 3.05) is 26.7 Å². The Morgan fingerprint density at radius 3 is 2.14 bits per heavy atom. The van der Waals surface area contributed by atoms with Crippen LogP contribution in [0.5, 0.6) is 0 Å². The smallest absolute Gasteiger partial charge is 0.299 e. The van der Waals surface area contributed by atoms with E-state index < -0.39 is 35.6 Å². The minimum absolute atomic E-state index is 0.117. The highest BCUT2D eigenvalue weighted by Crippen LogP contribution is 2.31. The number of carbonyl (C=O) groups excluding carboxylic acids is 6. The van der Waals surface area contributed by atoms with Gasteiger partial charge >= 0.3 is 0 Å². The summed E-state index contributed by atoms with van der Waals surface area (Å²) in [5.41, 5.74) is 2.48. The first-order valence-electron chi connectivity index (χ1n) is 18.0. The van der Waals surface area contributed by atoms with Crippen molar-refractivity contribution in [2.24, 2.45) is 11.3 Å². The van der Waals surface area contributed by atoms with Gasteiger partial charge in [0.2, 0.25) is 29.9 Å². The van der Waals surface area contributed by atoms with Crippen LogP contribution in [-0.4, -0.2) is 96.3 Å². The van der Waals surface area contributed by atoms with Crippen LogP contribution in [0, 0.1) is 22.7 Å². The van der Waals surface area contributed by atoms with Gasteiger partial charge < -0.3 is 25.8 Å². The topological polar surface area (TPSA) is 169 Å². The first-order chi connectivity index (χ1) is 23.7. The maximum absolute atomic E-state index is 13.3. The lowest BCUT2D eigenvalue weighted by Crippen LogP contribution is -2.56. The molecule has 0 aromatic heterocycles. The number of amides is 4. The second kappa shape index (κ2) is 20.5. The number of ketones is 2. The Kier molecular flexibility index (Phi) is 17.3. The van der Waals surface area contributed by atoms with E-state index in [1.807, 2.05) is 36.2 Å². The molecule has 4 rings (SSSR count). The summed E-state index contributed by atoms with van der Waals surface area (Å²) in [5, 5.41) is 17.0. The molecule has 3 N–H and O–H groups in total. The molecular formula is C38H58N6O6. The molecule has 0 bridgehead atoms. The average molecular weight is 695 g/mol. The number of carbonyl (C=O) groups is 6.